The molecule has 0 radical (unpaired) electrons. The van der Waals surface area contributed by atoms with Gasteiger partial charge in [-0.3, -0.25) is 0 Å². The van der Waals surface area contributed by atoms with E-state index in [1.807, 2.05) is 0 Å². The third-order valence-electron chi connectivity index (χ3n) is 3.60. The number of hydrogen-bond acceptors (Lipinski definition) is 4. The fourth-order valence-electron chi connectivity index (χ4n) is 1.31. The normalized spacial score (nSPS) is 12.1. The van der Waals surface area contributed by atoms with E-state index < -0.39 is 14.3 Å². The highest BCUT2D eigenvalue weighted by Gasteiger charge is 2.39. The molecule has 0 bridgehead atoms. The molecule has 0 saturated heterocycles. The van der Waals surface area contributed by atoms with Gasteiger partial charge in [0.2, 0.25) is 0 Å². The van der Waals surface area contributed by atoms with Gasteiger partial charge in [-0.15, -0.1) is 0 Å². The van der Waals surface area contributed by atoms with Crippen molar-refractivity contribution >= 4 is 20.0 Å². The van der Waals surface area contributed by atoms with Crippen LogP contribution in [0.15, 0.2) is 18.2 Å². The van der Waals surface area contributed by atoms with E-state index in [1.165, 1.54) is 7.11 Å². The first-order valence-electron chi connectivity index (χ1n) is 6.25. The second kappa shape index (κ2) is 5.25. The molecular formula is C14H23NO3Si. The molecule has 1 aromatic carbocycles. The first-order chi connectivity index (χ1) is 8.58. The van der Waals surface area contributed by atoms with Gasteiger partial charge in [0.05, 0.1) is 18.4 Å². The van der Waals surface area contributed by atoms with E-state index in [1.54, 1.807) is 18.2 Å². The van der Waals surface area contributed by atoms with Gasteiger partial charge in [0.25, 0.3) is 8.32 Å². The molecule has 0 amide bonds. The van der Waals surface area contributed by atoms with Crippen LogP contribution >= 0.6 is 0 Å². The number of benzene rings is 1. The summed E-state index contributed by atoms with van der Waals surface area (Å²) < 4.78 is 10.8. The highest BCUT2D eigenvalue weighted by atomic mass is 28.4. The van der Waals surface area contributed by atoms with Crippen LogP contribution in [0.1, 0.15) is 31.1 Å². The van der Waals surface area contributed by atoms with Crippen LogP contribution in [0, 0.1) is 0 Å². The molecule has 0 saturated carbocycles. The number of methoxy groups -OCH3 is 1. The second-order valence-electron chi connectivity index (χ2n) is 6.11. The maximum absolute atomic E-state index is 11.4. The molecule has 2 N–H and O–H groups in total. The average Bonchev–Trinajstić information content (AvgIpc) is 2.29. The Morgan fingerprint density at radius 3 is 2.26 bits per heavy atom. The summed E-state index contributed by atoms with van der Waals surface area (Å²) in [5, 5.41) is 0.0977. The van der Waals surface area contributed by atoms with Gasteiger partial charge in [0.15, 0.2) is 0 Å². The Morgan fingerprint density at radius 2 is 1.84 bits per heavy atom. The summed E-state index contributed by atoms with van der Waals surface area (Å²) in [6.45, 7) is 10.8. The molecule has 19 heavy (non-hydrogen) atoms. The van der Waals surface area contributed by atoms with Crippen LogP contribution in [-0.2, 0) is 4.74 Å². The molecule has 106 valence electrons. The molecule has 1 aromatic rings. The number of carbonyl (C=O) groups is 1. The van der Waals surface area contributed by atoms with Crippen LogP contribution < -0.4 is 10.2 Å². The van der Waals surface area contributed by atoms with E-state index in [4.69, 9.17) is 10.2 Å². The van der Waals surface area contributed by atoms with Crippen LogP contribution in [0.2, 0.25) is 18.1 Å². The Labute approximate surface area is 116 Å². The number of rotatable bonds is 3. The molecule has 0 heterocycles. The van der Waals surface area contributed by atoms with Gasteiger partial charge in [-0.1, -0.05) is 20.8 Å². The third-order valence-corrected chi connectivity index (χ3v) is 7.94. The molecule has 0 unspecified atom stereocenters. The minimum atomic E-state index is -1.93. The molecule has 0 fully saturated rings. The maximum atomic E-state index is 11.4. The summed E-state index contributed by atoms with van der Waals surface area (Å²) in [5.41, 5.74) is 6.85. The van der Waals surface area contributed by atoms with Crippen molar-refractivity contribution in [2.75, 3.05) is 12.8 Å². The van der Waals surface area contributed by atoms with Gasteiger partial charge in [-0.25, -0.2) is 4.79 Å². The van der Waals surface area contributed by atoms with E-state index in [-0.39, 0.29) is 5.04 Å². The summed E-state index contributed by atoms with van der Waals surface area (Å²) in [5.74, 6) is 0.241. The van der Waals surface area contributed by atoms with Crippen molar-refractivity contribution in [3.05, 3.63) is 23.8 Å². The molecular weight excluding hydrogens is 258 g/mol. The molecule has 5 heteroatoms. The second-order valence-corrected chi connectivity index (χ2v) is 10.8. The van der Waals surface area contributed by atoms with E-state index in [0.717, 1.165) is 0 Å². The van der Waals surface area contributed by atoms with Crippen LogP contribution in [0.25, 0.3) is 0 Å². The zero-order valence-electron chi connectivity index (χ0n) is 12.5. The Bertz CT molecular complexity index is 478. The fourth-order valence-corrected chi connectivity index (χ4v) is 2.36. The van der Waals surface area contributed by atoms with Crippen LogP contribution in [-0.4, -0.2) is 21.4 Å². The van der Waals surface area contributed by atoms with E-state index >= 15 is 0 Å². The molecule has 1 rings (SSSR count). The Balaban J connectivity index is 3.02. The largest absolute Gasteiger partial charge is 0.542 e. The molecule has 4 nitrogen and oxygen atoms in total. The van der Waals surface area contributed by atoms with E-state index in [0.29, 0.717) is 17.0 Å². The number of ether oxygens (including phenoxy) is 1. The lowest BCUT2D eigenvalue weighted by molar-refractivity contribution is 0.0601. The van der Waals surface area contributed by atoms with Crippen molar-refractivity contribution in [3.8, 4) is 5.75 Å². The van der Waals surface area contributed by atoms with E-state index in [2.05, 4.69) is 38.6 Å². The lowest BCUT2D eigenvalue weighted by Gasteiger charge is -2.36. The number of esters is 1. The monoisotopic (exact) mass is 281 g/mol. The van der Waals surface area contributed by atoms with Crippen LogP contribution in [0.5, 0.6) is 5.75 Å². The van der Waals surface area contributed by atoms with Crippen molar-refractivity contribution in [3.63, 3.8) is 0 Å². The minimum absolute atomic E-state index is 0.0977. The maximum Gasteiger partial charge on any atom is 0.337 e. The van der Waals surface area contributed by atoms with Crippen LogP contribution in [0.3, 0.4) is 0 Å². The first kappa shape index (κ1) is 15.6. The lowest BCUT2D eigenvalue weighted by Crippen LogP contribution is -2.44. The van der Waals surface area contributed by atoms with Gasteiger partial charge in [-0.2, -0.15) is 0 Å². The fraction of sp³-hybridized carbons (Fsp3) is 0.500. The van der Waals surface area contributed by atoms with Gasteiger partial charge >= 0.3 is 5.97 Å². The molecule has 0 aliphatic carbocycles. The average molecular weight is 281 g/mol. The number of carbonyl (C=O) groups excluding carboxylic acids is 1. The zero-order chi connectivity index (χ0) is 14.8. The molecule has 0 aliphatic heterocycles. The highest BCUT2D eigenvalue weighted by molar-refractivity contribution is 6.74. The van der Waals surface area contributed by atoms with Crippen molar-refractivity contribution in [1.29, 1.82) is 0 Å². The summed E-state index contributed by atoms with van der Waals surface area (Å²) >= 11 is 0. The molecule has 0 atom stereocenters. The number of anilines is 1. The summed E-state index contributed by atoms with van der Waals surface area (Å²) in [4.78, 5) is 11.4. The Kier molecular flexibility index (Phi) is 4.30. The van der Waals surface area contributed by atoms with E-state index in [9.17, 15) is 4.79 Å². The highest BCUT2D eigenvalue weighted by Crippen LogP contribution is 2.38. The van der Waals surface area contributed by atoms with Gasteiger partial charge in [-0.05, 0) is 36.3 Å². The smallest absolute Gasteiger partial charge is 0.337 e. The van der Waals surface area contributed by atoms with Crippen molar-refractivity contribution in [2.45, 2.75) is 38.9 Å². The van der Waals surface area contributed by atoms with Gasteiger partial charge < -0.3 is 14.9 Å². The number of nitrogen functional groups attached to an aromatic ring is 1. The van der Waals surface area contributed by atoms with Crippen molar-refractivity contribution < 1.29 is 14.0 Å². The quantitative estimate of drug-likeness (QED) is 0.524. The molecule has 0 aromatic heterocycles. The topological polar surface area (TPSA) is 61.5 Å². The molecule has 0 aliphatic rings. The minimum Gasteiger partial charge on any atom is -0.542 e. The number of hydrogen-bond donors (Lipinski definition) is 1. The predicted octanol–water partition coefficient (Wildman–Crippen LogP) is 3.44. The first-order valence-corrected chi connectivity index (χ1v) is 9.16. The Morgan fingerprint density at radius 1 is 1.26 bits per heavy atom. The zero-order valence-corrected chi connectivity index (χ0v) is 13.5. The Hall–Kier alpha value is -1.49. The van der Waals surface area contributed by atoms with Crippen LogP contribution in [0.4, 0.5) is 5.69 Å². The summed E-state index contributed by atoms with van der Waals surface area (Å²) in [6, 6.07) is 5.00. The van der Waals surface area contributed by atoms with Gasteiger partial charge in [0, 0.05) is 0 Å². The summed E-state index contributed by atoms with van der Waals surface area (Å²) in [6.07, 6.45) is 0. The third kappa shape index (κ3) is 3.50. The number of nitrogens with two attached hydrogens (primary N) is 1. The van der Waals surface area contributed by atoms with Crippen molar-refractivity contribution in [2.24, 2.45) is 0 Å². The van der Waals surface area contributed by atoms with Gasteiger partial charge in [0.1, 0.15) is 5.75 Å². The summed E-state index contributed by atoms with van der Waals surface area (Å²) in [7, 11) is -0.580. The predicted molar refractivity (Wildman–Crippen MR) is 80.0 cm³/mol. The lowest BCUT2D eigenvalue weighted by atomic mass is 10.2. The van der Waals surface area contributed by atoms with Crippen molar-refractivity contribution in [1.82, 2.24) is 0 Å². The molecule has 0 spiro atoms. The SMILES string of the molecule is COC(=O)c1ccc(O[Si](C)(C)C(C)(C)C)c(N)c1. The standard InChI is InChI=1S/C14H23NO3Si/c1-14(2,3)19(5,6)18-12-8-7-10(9-11(12)15)13(16)17-4/h7-9H,15H2,1-6H3.